The van der Waals surface area contributed by atoms with Crippen LogP contribution in [0.15, 0.2) is 36.8 Å². The molecule has 4 heterocycles. The summed E-state index contributed by atoms with van der Waals surface area (Å²) in [7, 11) is 0. The Morgan fingerprint density at radius 1 is 1.25 bits per heavy atom. The van der Waals surface area contributed by atoms with Crippen LogP contribution in [0.3, 0.4) is 0 Å². The van der Waals surface area contributed by atoms with Crippen molar-refractivity contribution in [1.29, 1.82) is 0 Å². The molecule has 0 aromatic carbocycles. The highest BCUT2D eigenvalue weighted by Gasteiger charge is 2.51. The first-order valence-corrected chi connectivity index (χ1v) is 11.0. The van der Waals surface area contributed by atoms with E-state index in [0.717, 1.165) is 23.8 Å². The van der Waals surface area contributed by atoms with E-state index in [9.17, 15) is 18.0 Å². The number of carbonyl (C=O) groups excluding carboxylic acids is 1. The van der Waals surface area contributed by atoms with E-state index in [2.05, 4.69) is 25.3 Å². The van der Waals surface area contributed by atoms with Crippen molar-refractivity contribution in [1.82, 2.24) is 29.6 Å². The molecular formula is C20H20F3N7OS. The maximum atomic E-state index is 12.8. The second kappa shape index (κ2) is 7.93. The highest BCUT2D eigenvalue weighted by Crippen LogP contribution is 2.41. The van der Waals surface area contributed by atoms with Gasteiger partial charge in [-0.25, -0.2) is 19.3 Å². The van der Waals surface area contributed by atoms with Crippen LogP contribution in [0, 0.1) is 0 Å². The maximum absolute atomic E-state index is 12.8. The van der Waals surface area contributed by atoms with E-state index in [-0.39, 0.29) is 13.1 Å². The lowest BCUT2D eigenvalue weighted by Crippen LogP contribution is -2.71. The maximum Gasteiger partial charge on any atom is 0.405 e. The van der Waals surface area contributed by atoms with Crippen LogP contribution >= 0.6 is 11.9 Å². The summed E-state index contributed by atoms with van der Waals surface area (Å²) in [4.78, 5) is 28.9. The van der Waals surface area contributed by atoms with Crippen molar-refractivity contribution in [2.24, 2.45) is 0 Å². The summed E-state index contributed by atoms with van der Waals surface area (Å²) in [6.45, 7) is -0.801. The predicted octanol–water partition coefficient (Wildman–Crippen LogP) is 2.98. The van der Waals surface area contributed by atoms with Crippen LogP contribution in [0.1, 0.15) is 12.8 Å². The molecule has 1 aliphatic carbocycles. The summed E-state index contributed by atoms with van der Waals surface area (Å²) in [5.74, 6) is 0.0917. The summed E-state index contributed by atoms with van der Waals surface area (Å²) >= 11 is 1.66. The number of hydrogen-bond acceptors (Lipinski definition) is 7. The lowest BCUT2D eigenvalue weighted by Gasteiger charge is -2.48. The number of hydrogen-bond donors (Lipinski definition) is 3. The van der Waals surface area contributed by atoms with Crippen molar-refractivity contribution in [3.05, 3.63) is 36.8 Å². The van der Waals surface area contributed by atoms with Crippen molar-refractivity contribution in [2.45, 2.75) is 29.8 Å². The van der Waals surface area contributed by atoms with Crippen molar-refractivity contribution >= 4 is 34.7 Å². The average molecular weight is 463 g/mol. The number of nitrogens with zero attached hydrogens (tertiary/aromatic N) is 4. The van der Waals surface area contributed by atoms with Crippen LogP contribution in [0.5, 0.6) is 0 Å². The zero-order valence-electron chi connectivity index (χ0n) is 16.8. The van der Waals surface area contributed by atoms with Crippen LogP contribution in [0.2, 0.25) is 0 Å². The predicted molar refractivity (Wildman–Crippen MR) is 115 cm³/mol. The monoisotopic (exact) mass is 463 g/mol. The number of aromatic nitrogens is 4. The minimum Gasteiger partial charge on any atom is -0.354 e. The Kier molecular flexibility index (Phi) is 5.20. The number of H-pyrrole nitrogens is 1. The summed E-state index contributed by atoms with van der Waals surface area (Å²) < 4.78 is 40.0. The second-order valence-corrected chi connectivity index (χ2v) is 9.37. The molecule has 1 amide bonds. The molecule has 8 nitrogen and oxygen atoms in total. The molecule has 1 saturated carbocycles. The number of carbonyl (C=O) groups is 1. The van der Waals surface area contributed by atoms with Crippen LogP contribution in [0.25, 0.3) is 22.4 Å². The Bertz CT molecular complexity index is 1140. The van der Waals surface area contributed by atoms with E-state index in [1.165, 1.54) is 0 Å². The Hall–Kier alpha value is -2.86. The third-order valence-electron chi connectivity index (χ3n) is 5.31. The number of pyridine rings is 1. The normalized spacial score (nSPS) is 18.3. The zero-order chi connectivity index (χ0) is 22.3. The number of aromatic amines is 1. The van der Waals surface area contributed by atoms with Crippen LogP contribution in [-0.2, 0) is 4.79 Å². The van der Waals surface area contributed by atoms with Gasteiger partial charge in [-0.05, 0) is 31.0 Å². The van der Waals surface area contributed by atoms with Gasteiger partial charge in [0.05, 0.1) is 0 Å². The number of amides is 1. The molecule has 3 aromatic heterocycles. The van der Waals surface area contributed by atoms with Crippen LogP contribution in [0.4, 0.5) is 19.0 Å². The lowest BCUT2D eigenvalue weighted by atomic mass is 9.91. The molecule has 32 heavy (non-hydrogen) atoms. The van der Waals surface area contributed by atoms with Gasteiger partial charge in [-0.1, -0.05) is 11.9 Å². The van der Waals surface area contributed by atoms with E-state index < -0.39 is 24.2 Å². The highest BCUT2D eigenvalue weighted by molar-refractivity contribution is 7.97. The fourth-order valence-electron chi connectivity index (χ4n) is 3.59. The highest BCUT2D eigenvalue weighted by atomic mass is 32.2. The quantitative estimate of drug-likeness (QED) is 0.464. The van der Waals surface area contributed by atoms with E-state index in [1.807, 2.05) is 21.8 Å². The van der Waals surface area contributed by atoms with Gasteiger partial charge in [0.25, 0.3) is 0 Å². The molecule has 3 aromatic rings. The third-order valence-corrected chi connectivity index (χ3v) is 6.64. The summed E-state index contributed by atoms with van der Waals surface area (Å²) in [6.07, 6.45) is 2.74. The molecule has 0 bridgehead atoms. The Morgan fingerprint density at radius 2 is 2.06 bits per heavy atom. The van der Waals surface area contributed by atoms with Gasteiger partial charge in [0.15, 0.2) is 5.82 Å². The molecule has 168 valence electrons. The van der Waals surface area contributed by atoms with E-state index in [4.69, 9.17) is 0 Å². The third kappa shape index (κ3) is 4.37. The van der Waals surface area contributed by atoms with Gasteiger partial charge in [0.2, 0.25) is 5.91 Å². The second-order valence-electron chi connectivity index (χ2n) is 7.98. The molecule has 2 fully saturated rings. The van der Waals surface area contributed by atoms with Gasteiger partial charge >= 0.3 is 6.18 Å². The summed E-state index contributed by atoms with van der Waals surface area (Å²) in [6, 6.07) is 5.30. The first-order valence-electron chi connectivity index (χ1n) is 10.1. The SMILES string of the molecule is O=C(NCC(F)(F)F)C1(Nc2ccnc(-c3c[nH]c4ncccc34)n2)CN(SC2CC2)C1. The molecule has 0 radical (unpaired) electrons. The molecule has 0 atom stereocenters. The summed E-state index contributed by atoms with van der Waals surface area (Å²) in [5.41, 5.74) is 0.242. The average Bonchev–Trinajstić information content (AvgIpc) is 3.45. The fraction of sp³-hybridized carbons (Fsp3) is 0.400. The minimum absolute atomic E-state index is 0.286. The lowest BCUT2D eigenvalue weighted by molar-refractivity contribution is -0.143. The standard InChI is InChI=1S/C20H20F3N7OS/c21-20(22,23)9-27-18(31)19(10-30(11-19)32-12-3-4-12)29-15-5-7-25-17(28-15)14-8-26-16-13(14)2-1-6-24-16/h1-2,5-8,12H,3-4,9-11H2,(H,24,26)(H,27,31)(H,25,28,29). The van der Waals surface area contributed by atoms with Gasteiger partial charge in [-0.2, -0.15) is 13.2 Å². The number of anilines is 1. The van der Waals surface area contributed by atoms with E-state index >= 15 is 0 Å². The summed E-state index contributed by atoms with van der Waals surface area (Å²) in [5, 5.41) is 6.49. The number of rotatable bonds is 7. The van der Waals surface area contributed by atoms with E-state index in [1.54, 1.807) is 36.6 Å². The molecule has 1 saturated heterocycles. The molecule has 0 unspecified atom stereocenters. The number of fused-ring (bicyclic) bond motifs is 1. The van der Waals surface area contributed by atoms with Crippen molar-refractivity contribution in [2.75, 3.05) is 25.0 Å². The van der Waals surface area contributed by atoms with Crippen molar-refractivity contribution < 1.29 is 18.0 Å². The number of alkyl halides is 3. The Morgan fingerprint density at radius 3 is 2.81 bits per heavy atom. The molecule has 1 aliphatic heterocycles. The number of nitrogens with one attached hydrogen (secondary N) is 3. The molecule has 3 N–H and O–H groups in total. The largest absolute Gasteiger partial charge is 0.405 e. The smallest absolute Gasteiger partial charge is 0.354 e. The van der Waals surface area contributed by atoms with Gasteiger partial charge in [0.1, 0.15) is 23.5 Å². The molecule has 0 spiro atoms. The Balaban J connectivity index is 1.37. The van der Waals surface area contributed by atoms with Crippen LogP contribution < -0.4 is 10.6 Å². The topological polar surface area (TPSA) is 98.8 Å². The van der Waals surface area contributed by atoms with Gasteiger partial charge < -0.3 is 15.6 Å². The minimum atomic E-state index is -4.48. The fourth-order valence-corrected chi connectivity index (χ4v) is 4.95. The van der Waals surface area contributed by atoms with Gasteiger partial charge in [-0.15, -0.1) is 0 Å². The van der Waals surface area contributed by atoms with Crippen molar-refractivity contribution in [3.8, 4) is 11.4 Å². The molecule has 2 aliphatic rings. The Labute approximate surface area is 185 Å². The first-order chi connectivity index (χ1) is 15.3. The molecule has 5 rings (SSSR count). The molecule has 12 heteroatoms. The van der Waals surface area contributed by atoms with Crippen LogP contribution in [-0.4, -0.2) is 66.7 Å². The molecular weight excluding hydrogens is 443 g/mol. The number of halogens is 3. The van der Waals surface area contributed by atoms with E-state index in [0.29, 0.717) is 22.5 Å². The van der Waals surface area contributed by atoms with Gasteiger partial charge in [0, 0.05) is 47.9 Å². The van der Waals surface area contributed by atoms with Crippen molar-refractivity contribution in [3.63, 3.8) is 0 Å². The van der Waals surface area contributed by atoms with Gasteiger partial charge in [-0.3, -0.25) is 4.79 Å². The zero-order valence-corrected chi connectivity index (χ0v) is 17.6. The first kappa shape index (κ1) is 21.0.